The highest BCUT2D eigenvalue weighted by molar-refractivity contribution is 7.99. The van der Waals surface area contributed by atoms with Crippen molar-refractivity contribution < 1.29 is 4.79 Å². The van der Waals surface area contributed by atoms with Crippen molar-refractivity contribution >= 4 is 29.0 Å². The zero-order valence-electron chi connectivity index (χ0n) is 14.5. The Labute approximate surface area is 160 Å². The largest absolute Gasteiger partial charge is 0.344 e. The second kappa shape index (κ2) is 7.63. The molecule has 3 aromatic rings. The molecular weight excluding hydrogens is 364 g/mol. The van der Waals surface area contributed by atoms with E-state index in [2.05, 4.69) is 57.3 Å². The van der Waals surface area contributed by atoms with E-state index in [-0.39, 0.29) is 11.9 Å². The minimum absolute atomic E-state index is 0.000628. The van der Waals surface area contributed by atoms with Crippen LogP contribution in [0.25, 0.3) is 0 Å². The summed E-state index contributed by atoms with van der Waals surface area (Å²) < 4.78 is 2.08. The molecule has 26 heavy (non-hydrogen) atoms. The molecule has 2 heterocycles. The predicted octanol–water partition coefficient (Wildman–Crippen LogP) is 3.98. The maximum atomic E-state index is 12.6. The smallest absolute Gasteiger partial charge is 0.231 e. The highest BCUT2D eigenvalue weighted by atomic mass is 32.2. The standard InChI is InChI=1S/C19H20N4OS2/c1-13-4-6-14(7-5-13)18(16-3-2-10-25-16)21-17(24)11-26-19-22-20-12-23(19)15-8-9-15/h2-7,10,12,15,18H,8-9,11H2,1H3,(H,21,24). The van der Waals surface area contributed by atoms with E-state index >= 15 is 0 Å². The van der Waals surface area contributed by atoms with Crippen molar-refractivity contribution in [1.82, 2.24) is 20.1 Å². The average molecular weight is 385 g/mol. The molecule has 0 saturated heterocycles. The summed E-state index contributed by atoms with van der Waals surface area (Å²) >= 11 is 3.10. The SMILES string of the molecule is Cc1ccc(C(NC(=O)CSc2nncn2C2CC2)c2cccs2)cc1. The number of amides is 1. The molecule has 2 aromatic heterocycles. The Balaban J connectivity index is 1.44. The summed E-state index contributed by atoms with van der Waals surface area (Å²) in [6, 6.07) is 12.8. The van der Waals surface area contributed by atoms with E-state index in [1.807, 2.05) is 11.4 Å². The van der Waals surface area contributed by atoms with E-state index in [1.54, 1.807) is 17.7 Å². The molecule has 1 amide bonds. The molecule has 1 saturated carbocycles. The number of nitrogens with one attached hydrogen (secondary N) is 1. The van der Waals surface area contributed by atoms with E-state index in [4.69, 9.17) is 0 Å². The van der Waals surface area contributed by atoms with Gasteiger partial charge in [0.2, 0.25) is 5.91 Å². The molecule has 1 aromatic carbocycles. The highest BCUT2D eigenvalue weighted by Crippen LogP contribution is 2.37. The van der Waals surface area contributed by atoms with Crippen molar-refractivity contribution in [3.63, 3.8) is 0 Å². The van der Waals surface area contributed by atoms with Gasteiger partial charge < -0.3 is 9.88 Å². The van der Waals surface area contributed by atoms with E-state index in [1.165, 1.54) is 30.2 Å². The van der Waals surface area contributed by atoms with Crippen LogP contribution >= 0.6 is 23.1 Å². The molecule has 0 bridgehead atoms. The average Bonchev–Trinajstić information content (AvgIpc) is 3.15. The lowest BCUT2D eigenvalue weighted by atomic mass is 10.0. The molecule has 1 aliphatic rings. The number of carbonyl (C=O) groups excluding carboxylic acids is 1. The number of carbonyl (C=O) groups is 1. The van der Waals surface area contributed by atoms with Crippen molar-refractivity contribution in [2.24, 2.45) is 0 Å². The van der Waals surface area contributed by atoms with Crippen LogP contribution in [-0.4, -0.2) is 26.4 Å². The van der Waals surface area contributed by atoms with Crippen LogP contribution in [0.15, 0.2) is 53.3 Å². The number of thiophene rings is 1. The van der Waals surface area contributed by atoms with Crippen LogP contribution in [0.2, 0.25) is 0 Å². The number of aromatic nitrogens is 3. The topological polar surface area (TPSA) is 59.8 Å². The van der Waals surface area contributed by atoms with Gasteiger partial charge in [-0.3, -0.25) is 4.79 Å². The summed E-state index contributed by atoms with van der Waals surface area (Å²) in [4.78, 5) is 13.7. The normalized spacial score (nSPS) is 15.0. The first-order valence-electron chi connectivity index (χ1n) is 8.62. The molecule has 1 aliphatic carbocycles. The molecular formula is C19H20N4OS2. The first kappa shape index (κ1) is 17.3. The lowest BCUT2D eigenvalue weighted by Gasteiger charge is -2.18. The van der Waals surface area contributed by atoms with Crippen LogP contribution in [0.5, 0.6) is 0 Å². The van der Waals surface area contributed by atoms with Crippen LogP contribution in [0, 0.1) is 6.92 Å². The Hall–Kier alpha value is -2.12. The van der Waals surface area contributed by atoms with E-state index < -0.39 is 0 Å². The van der Waals surface area contributed by atoms with Gasteiger partial charge in [0.1, 0.15) is 6.33 Å². The Morgan fingerprint density at radius 2 is 2.15 bits per heavy atom. The Morgan fingerprint density at radius 3 is 2.85 bits per heavy atom. The van der Waals surface area contributed by atoms with Gasteiger partial charge in [-0.2, -0.15) is 0 Å². The minimum Gasteiger partial charge on any atom is -0.344 e. The maximum Gasteiger partial charge on any atom is 0.231 e. The summed E-state index contributed by atoms with van der Waals surface area (Å²) in [6.07, 6.45) is 4.11. The van der Waals surface area contributed by atoms with Gasteiger partial charge in [0.05, 0.1) is 11.8 Å². The Morgan fingerprint density at radius 1 is 1.35 bits per heavy atom. The number of rotatable bonds is 7. The molecule has 0 radical (unpaired) electrons. The molecule has 1 unspecified atom stereocenters. The number of hydrogen-bond donors (Lipinski definition) is 1. The summed E-state index contributed by atoms with van der Waals surface area (Å²) in [5, 5.41) is 14.2. The Bertz CT molecular complexity index is 869. The van der Waals surface area contributed by atoms with E-state index in [0.29, 0.717) is 11.8 Å². The van der Waals surface area contributed by atoms with Crippen LogP contribution < -0.4 is 5.32 Å². The summed E-state index contributed by atoms with van der Waals surface area (Å²) in [6.45, 7) is 2.06. The molecule has 4 rings (SSSR count). The third-order valence-electron chi connectivity index (χ3n) is 4.36. The molecule has 7 heteroatoms. The monoisotopic (exact) mass is 384 g/mol. The van der Waals surface area contributed by atoms with Crippen molar-refractivity contribution in [1.29, 1.82) is 0 Å². The van der Waals surface area contributed by atoms with Crippen LogP contribution in [-0.2, 0) is 4.79 Å². The molecule has 0 spiro atoms. The van der Waals surface area contributed by atoms with Crippen molar-refractivity contribution in [2.75, 3.05) is 5.75 Å². The maximum absolute atomic E-state index is 12.6. The molecule has 1 fully saturated rings. The fraction of sp³-hybridized carbons (Fsp3) is 0.316. The quantitative estimate of drug-likeness (QED) is 0.626. The third-order valence-corrected chi connectivity index (χ3v) is 6.25. The van der Waals surface area contributed by atoms with Crippen molar-refractivity contribution in [3.8, 4) is 0 Å². The van der Waals surface area contributed by atoms with E-state index in [0.717, 1.165) is 15.6 Å². The van der Waals surface area contributed by atoms with Gasteiger partial charge in [0.25, 0.3) is 0 Å². The van der Waals surface area contributed by atoms with Gasteiger partial charge in [-0.1, -0.05) is 47.7 Å². The summed E-state index contributed by atoms with van der Waals surface area (Å²) in [5.41, 5.74) is 2.30. The number of benzene rings is 1. The first-order chi connectivity index (χ1) is 12.7. The van der Waals surface area contributed by atoms with Gasteiger partial charge >= 0.3 is 0 Å². The zero-order chi connectivity index (χ0) is 17.9. The van der Waals surface area contributed by atoms with Crippen molar-refractivity contribution in [3.05, 3.63) is 64.1 Å². The van der Waals surface area contributed by atoms with Gasteiger partial charge in [0, 0.05) is 10.9 Å². The van der Waals surface area contributed by atoms with Gasteiger partial charge in [-0.15, -0.1) is 21.5 Å². The second-order valence-corrected chi connectivity index (χ2v) is 8.39. The summed E-state index contributed by atoms with van der Waals surface area (Å²) in [5.74, 6) is 0.332. The lowest BCUT2D eigenvalue weighted by Crippen LogP contribution is -2.30. The number of hydrogen-bond acceptors (Lipinski definition) is 5. The van der Waals surface area contributed by atoms with E-state index in [9.17, 15) is 4.79 Å². The number of thioether (sulfide) groups is 1. The molecule has 134 valence electrons. The van der Waals surface area contributed by atoms with Crippen molar-refractivity contribution in [2.45, 2.75) is 37.0 Å². The van der Waals surface area contributed by atoms with Gasteiger partial charge in [-0.25, -0.2) is 0 Å². The second-order valence-electron chi connectivity index (χ2n) is 6.47. The molecule has 1 N–H and O–H groups in total. The number of nitrogens with zero attached hydrogens (tertiary/aromatic N) is 3. The Kier molecular flexibility index (Phi) is 5.08. The fourth-order valence-corrected chi connectivity index (χ4v) is 4.40. The van der Waals surface area contributed by atoms with Crippen LogP contribution in [0.4, 0.5) is 0 Å². The van der Waals surface area contributed by atoms with Gasteiger partial charge in [-0.05, 0) is 36.8 Å². The predicted molar refractivity (Wildman–Crippen MR) is 105 cm³/mol. The van der Waals surface area contributed by atoms with Crippen LogP contribution in [0.3, 0.4) is 0 Å². The van der Waals surface area contributed by atoms with Crippen LogP contribution in [0.1, 0.15) is 40.9 Å². The molecule has 5 nitrogen and oxygen atoms in total. The third kappa shape index (κ3) is 3.99. The number of aryl methyl sites for hydroxylation is 1. The lowest BCUT2D eigenvalue weighted by molar-refractivity contribution is -0.119. The first-order valence-corrected chi connectivity index (χ1v) is 10.5. The minimum atomic E-state index is -0.120. The molecule has 1 atom stereocenters. The molecule has 0 aliphatic heterocycles. The summed E-state index contributed by atoms with van der Waals surface area (Å²) in [7, 11) is 0. The highest BCUT2D eigenvalue weighted by Gasteiger charge is 2.26. The fourth-order valence-electron chi connectivity index (χ4n) is 2.80. The van der Waals surface area contributed by atoms with Gasteiger partial charge in [0.15, 0.2) is 5.16 Å². The zero-order valence-corrected chi connectivity index (χ0v) is 16.1.